The third-order valence-electron chi connectivity index (χ3n) is 4.92. The van der Waals surface area contributed by atoms with Gasteiger partial charge in [0.2, 0.25) is 5.43 Å². The van der Waals surface area contributed by atoms with Crippen molar-refractivity contribution in [2.75, 3.05) is 5.75 Å². The molecular weight excluding hydrogens is 383 g/mol. The number of carbonyl (C=O) groups is 1. The summed E-state index contributed by atoms with van der Waals surface area (Å²) < 4.78 is 29.9. The summed E-state index contributed by atoms with van der Waals surface area (Å²) in [6.45, 7) is 5.37. The van der Waals surface area contributed by atoms with Crippen molar-refractivity contribution in [1.29, 1.82) is 0 Å². The quantitative estimate of drug-likeness (QED) is 0.714. The second-order valence-electron chi connectivity index (χ2n) is 7.04. The number of hydrogen-bond donors (Lipinski definition) is 1. The minimum Gasteiger partial charge on any atom is -0.477 e. The van der Waals surface area contributed by atoms with E-state index in [4.69, 9.17) is 0 Å². The lowest BCUT2D eigenvalue weighted by Gasteiger charge is -2.28. The van der Waals surface area contributed by atoms with Crippen molar-refractivity contribution in [2.24, 2.45) is 0 Å². The number of benzene rings is 1. The number of aromatic carboxylic acids is 1. The average molecular weight is 400 g/mol. The van der Waals surface area contributed by atoms with Gasteiger partial charge in [-0.05, 0) is 44.5 Å². The molecule has 0 saturated heterocycles. The number of hydrogen-bond acceptors (Lipinski definition) is 4. The van der Waals surface area contributed by atoms with E-state index < -0.39 is 33.6 Å². The molecule has 1 aliphatic heterocycles. The molecule has 1 unspecified atom stereocenters. The lowest BCUT2D eigenvalue weighted by atomic mass is 10.00. The zero-order chi connectivity index (χ0) is 20.3. The van der Waals surface area contributed by atoms with E-state index >= 15 is 4.39 Å². The normalized spacial score (nSPS) is 18.4. The fraction of sp³-hybridized carbons (Fsp3) is 0.250. The molecule has 0 aliphatic carbocycles. The Hall–Kier alpha value is -2.87. The molecule has 28 heavy (non-hydrogen) atoms. The number of aryl methyl sites for hydroxylation is 2. The molecule has 6 nitrogen and oxygen atoms in total. The number of carboxylic acid groups (broad SMARTS) is 1. The predicted molar refractivity (Wildman–Crippen MR) is 104 cm³/mol. The summed E-state index contributed by atoms with van der Waals surface area (Å²) in [4.78, 5) is 28.7. The van der Waals surface area contributed by atoms with Crippen LogP contribution in [0.3, 0.4) is 0 Å². The van der Waals surface area contributed by atoms with Crippen LogP contribution in [0, 0.1) is 19.7 Å². The van der Waals surface area contributed by atoms with Gasteiger partial charge in [0.25, 0.3) is 0 Å². The van der Waals surface area contributed by atoms with Gasteiger partial charge in [-0.25, -0.2) is 9.18 Å². The van der Waals surface area contributed by atoms with E-state index in [0.717, 1.165) is 6.07 Å². The monoisotopic (exact) mass is 400 g/mol. The smallest absolute Gasteiger partial charge is 0.341 e. The van der Waals surface area contributed by atoms with Crippen LogP contribution < -0.4 is 5.43 Å². The van der Waals surface area contributed by atoms with Gasteiger partial charge in [0.15, 0.2) is 0 Å². The molecule has 0 bridgehead atoms. The molecule has 0 spiro atoms. The SMILES string of the molecule is Cc1cc(-c2c(F)cc3c(=O)c(C(=O)O)cn4c3c2[S@@](=O)CC4C)cc(C)n1. The molecule has 1 N–H and O–H groups in total. The molecule has 0 saturated carbocycles. The van der Waals surface area contributed by atoms with Gasteiger partial charge in [-0.1, -0.05) is 0 Å². The molecule has 3 aromatic rings. The van der Waals surface area contributed by atoms with E-state index in [1.807, 2.05) is 0 Å². The number of aromatic nitrogens is 2. The molecule has 0 radical (unpaired) electrons. The molecule has 144 valence electrons. The summed E-state index contributed by atoms with van der Waals surface area (Å²) in [5.41, 5.74) is 1.20. The van der Waals surface area contributed by atoms with Crippen LogP contribution in [0.25, 0.3) is 22.0 Å². The highest BCUT2D eigenvalue weighted by Crippen LogP contribution is 2.39. The highest BCUT2D eigenvalue weighted by molar-refractivity contribution is 7.85. The summed E-state index contributed by atoms with van der Waals surface area (Å²) in [6, 6.07) is 4.17. The Balaban J connectivity index is 2.22. The maximum atomic E-state index is 15.2. The van der Waals surface area contributed by atoms with Gasteiger partial charge in [-0.15, -0.1) is 0 Å². The van der Waals surface area contributed by atoms with Crippen LogP contribution in [0.4, 0.5) is 4.39 Å². The first-order valence-corrected chi connectivity index (χ1v) is 9.99. The topological polar surface area (TPSA) is 89.3 Å². The first kappa shape index (κ1) is 18.5. The molecule has 1 aromatic carbocycles. The Kier molecular flexibility index (Phi) is 4.19. The van der Waals surface area contributed by atoms with Gasteiger partial charge in [0.05, 0.1) is 26.6 Å². The number of rotatable bonds is 2. The Morgan fingerprint density at radius 2 is 1.93 bits per heavy atom. The van der Waals surface area contributed by atoms with Crippen LogP contribution >= 0.6 is 0 Å². The predicted octanol–water partition coefficient (Wildman–Crippen LogP) is 3.20. The van der Waals surface area contributed by atoms with Crippen molar-refractivity contribution < 1.29 is 18.5 Å². The van der Waals surface area contributed by atoms with Crippen molar-refractivity contribution >= 4 is 27.7 Å². The van der Waals surface area contributed by atoms with E-state index in [1.54, 1.807) is 37.5 Å². The third kappa shape index (κ3) is 2.67. The Morgan fingerprint density at radius 3 is 2.54 bits per heavy atom. The van der Waals surface area contributed by atoms with E-state index in [0.29, 0.717) is 22.5 Å². The van der Waals surface area contributed by atoms with Gasteiger partial charge in [0, 0.05) is 34.9 Å². The van der Waals surface area contributed by atoms with Crippen LogP contribution in [-0.2, 0) is 10.8 Å². The average Bonchev–Trinajstić information content (AvgIpc) is 2.59. The Bertz CT molecular complexity index is 1250. The lowest BCUT2D eigenvalue weighted by molar-refractivity contribution is 0.0694. The summed E-state index contributed by atoms with van der Waals surface area (Å²) in [7, 11) is -1.55. The Morgan fingerprint density at radius 1 is 1.29 bits per heavy atom. The number of carboxylic acids is 1. The summed E-state index contributed by atoms with van der Waals surface area (Å²) in [6.07, 6.45) is 1.27. The number of pyridine rings is 2. The largest absolute Gasteiger partial charge is 0.477 e. The van der Waals surface area contributed by atoms with Gasteiger partial charge >= 0.3 is 5.97 Å². The minimum absolute atomic E-state index is 0.0708. The van der Waals surface area contributed by atoms with Crippen LogP contribution in [0.2, 0.25) is 0 Å². The minimum atomic E-state index is -1.55. The van der Waals surface area contributed by atoms with Crippen molar-refractivity contribution in [2.45, 2.75) is 31.7 Å². The van der Waals surface area contributed by atoms with Crippen molar-refractivity contribution in [1.82, 2.24) is 9.55 Å². The lowest BCUT2D eigenvalue weighted by Crippen LogP contribution is -2.27. The fourth-order valence-corrected chi connectivity index (χ4v) is 5.44. The standard InChI is InChI=1S/C20H17FN2O4S/c1-9-4-12(5-10(2)22-9)16-15(21)6-13-17-19(16)28(27)8-11(3)23(17)7-14(18(13)24)20(25)26/h4-7,11H,8H2,1-3H3,(H,25,26)/t11?,28-/m0/s1. The van der Waals surface area contributed by atoms with Gasteiger partial charge in [0.1, 0.15) is 11.4 Å². The maximum absolute atomic E-state index is 15.2. The molecule has 1 aliphatic rings. The second kappa shape index (κ2) is 6.34. The van der Waals surface area contributed by atoms with E-state index in [-0.39, 0.29) is 27.6 Å². The van der Waals surface area contributed by atoms with Crippen molar-refractivity contribution in [3.8, 4) is 11.1 Å². The van der Waals surface area contributed by atoms with Crippen molar-refractivity contribution in [3.05, 3.63) is 57.4 Å². The maximum Gasteiger partial charge on any atom is 0.341 e. The number of halogens is 1. The van der Waals surface area contributed by atoms with Crippen LogP contribution in [0.5, 0.6) is 0 Å². The summed E-state index contributed by atoms with van der Waals surface area (Å²) >= 11 is 0. The molecule has 0 fully saturated rings. The number of nitrogens with zero attached hydrogens (tertiary/aromatic N) is 2. The van der Waals surface area contributed by atoms with Crippen LogP contribution in [-0.4, -0.2) is 30.6 Å². The summed E-state index contributed by atoms with van der Waals surface area (Å²) in [5.74, 6) is -1.88. The molecule has 3 heterocycles. The summed E-state index contributed by atoms with van der Waals surface area (Å²) in [5, 5.41) is 9.29. The first-order chi connectivity index (χ1) is 13.2. The molecule has 4 rings (SSSR count). The van der Waals surface area contributed by atoms with Crippen LogP contribution in [0.1, 0.15) is 34.7 Å². The Labute approximate surface area is 162 Å². The highest BCUT2D eigenvalue weighted by Gasteiger charge is 2.31. The van der Waals surface area contributed by atoms with E-state index in [9.17, 15) is 18.9 Å². The third-order valence-corrected chi connectivity index (χ3v) is 6.56. The zero-order valence-electron chi connectivity index (χ0n) is 15.4. The van der Waals surface area contributed by atoms with Crippen molar-refractivity contribution in [3.63, 3.8) is 0 Å². The second-order valence-corrected chi connectivity index (χ2v) is 8.48. The van der Waals surface area contributed by atoms with Gasteiger partial charge in [-0.3, -0.25) is 14.0 Å². The fourth-order valence-electron chi connectivity index (χ4n) is 3.81. The zero-order valence-corrected chi connectivity index (χ0v) is 16.3. The molecular formula is C20H17FN2O4S. The molecule has 2 aromatic heterocycles. The van der Waals surface area contributed by atoms with Crippen LogP contribution in [0.15, 0.2) is 34.1 Å². The van der Waals surface area contributed by atoms with Gasteiger partial charge < -0.3 is 9.67 Å². The first-order valence-electron chi connectivity index (χ1n) is 8.67. The molecule has 8 heteroatoms. The molecule has 2 atom stereocenters. The highest BCUT2D eigenvalue weighted by atomic mass is 32.2. The van der Waals surface area contributed by atoms with E-state index in [1.165, 1.54) is 6.20 Å². The van der Waals surface area contributed by atoms with E-state index in [2.05, 4.69) is 4.98 Å². The van der Waals surface area contributed by atoms with Gasteiger partial charge in [-0.2, -0.15) is 0 Å². The molecule has 0 amide bonds.